The maximum Gasteiger partial charge on any atom is 0.0674 e. The summed E-state index contributed by atoms with van der Waals surface area (Å²) in [4.78, 5) is 2.35. The quantitative estimate of drug-likeness (QED) is 0.704. The second kappa shape index (κ2) is 6.61. The summed E-state index contributed by atoms with van der Waals surface area (Å²) in [5, 5.41) is 10.5. The zero-order valence-corrected chi connectivity index (χ0v) is 11.3. The molecule has 0 amide bonds. The minimum atomic E-state index is -0.363. The molecule has 0 saturated carbocycles. The van der Waals surface area contributed by atoms with Gasteiger partial charge in [0.1, 0.15) is 0 Å². The summed E-state index contributed by atoms with van der Waals surface area (Å²) in [6, 6.07) is 0.536. The molecule has 96 valence electrons. The normalized spacial score (nSPS) is 31.9. The van der Waals surface area contributed by atoms with Crippen molar-refractivity contribution in [3.05, 3.63) is 0 Å². The van der Waals surface area contributed by atoms with Crippen LogP contribution in [0.5, 0.6) is 0 Å². The smallest absolute Gasteiger partial charge is 0.0674 e. The molecule has 2 unspecified atom stereocenters. The van der Waals surface area contributed by atoms with Gasteiger partial charge < -0.3 is 10.0 Å². The summed E-state index contributed by atoms with van der Waals surface area (Å²) >= 11 is 0. The van der Waals surface area contributed by atoms with Gasteiger partial charge in [0.25, 0.3) is 0 Å². The summed E-state index contributed by atoms with van der Waals surface area (Å²) in [6.45, 7) is 5.51. The van der Waals surface area contributed by atoms with Crippen LogP contribution in [0, 0.1) is 0 Å². The number of nitrogens with zero attached hydrogens (tertiary/aromatic N) is 1. The molecule has 0 aromatic heterocycles. The lowest BCUT2D eigenvalue weighted by atomic mass is 9.83. The molecule has 1 N–H and O–H groups in total. The van der Waals surface area contributed by atoms with E-state index in [1.807, 2.05) is 0 Å². The van der Waals surface area contributed by atoms with Crippen LogP contribution < -0.4 is 0 Å². The van der Waals surface area contributed by atoms with Crippen LogP contribution in [-0.2, 0) is 0 Å². The lowest BCUT2D eigenvalue weighted by Crippen LogP contribution is -2.47. The summed E-state index contributed by atoms with van der Waals surface area (Å²) < 4.78 is 0. The Balaban J connectivity index is 2.19. The minimum Gasteiger partial charge on any atom is -0.390 e. The average molecular weight is 227 g/mol. The highest BCUT2D eigenvalue weighted by molar-refractivity contribution is 4.88. The Morgan fingerprint density at radius 1 is 1.25 bits per heavy atom. The van der Waals surface area contributed by atoms with Crippen LogP contribution in [0.3, 0.4) is 0 Å². The van der Waals surface area contributed by atoms with E-state index in [0.717, 1.165) is 25.8 Å². The van der Waals surface area contributed by atoms with E-state index < -0.39 is 0 Å². The minimum absolute atomic E-state index is 0.363. The number of hydrogen-bond acceptors (Lipinski definition) is 2. The van der Waals surface area contributed by atoms with Gasteiger partial charge in [0, 0.05) is 12.6 Å². The van der Waals surface area contributed by atoms with Crippen molar-refractivity contribution in [2.45, 2.75) is 76.9 Å². The van der Waals surface area contributed by atoms with Crippen molar-refractivity contribution in [3.63, 3.8) is 0 Å². The van der Waals surface area contributed by atoms with E-state index in [0.29, 0.717) is 6.04 Å². The molecule has 0 aromatic rings. The van der Waals surface area contributed by atoms with E-state index >= 15 is 0 Å². The Morgan fingerprint density at radius 3 is 2.56 bits per heavy atom. The Kier molecular flexibility index (Phi) is 5.77. The first-order chi connectivity index (χ1) is 7.57. The zero-order valence-electron chi connectivity index (χ0n) is 11.3. The predicted octanol–water partition coefficient (Wildman–Crippen LogP) is 3.19. The van der Waals surface area contributed by atoms with Crippen LogP contribution in [0.25, 0.3) is 0 Å². The van der Waals surface area contributed by atoms with Crippen LogP contribution in [-0.4, -0.2) is 35.2 Å². The van der Waals surface area contributed by atoms with Gasteiger partial charge in [-0.1, -0.05) is 39.0 Å². The first-order valence-corrected chi connectivity index (χ1v) is 7.00. The topological polar surface area (TPSA) is 23.5 Å². The number of unbranched alkanes of at least 4 members (excludes halogenated alkanes) is 4. The molecule has 1 fully saturated rings. The van der Waals surface area contributed by atoms with Crippen molar-refractivity contribution in [2.75, 3.05) is 13.6 Å². The van der Waals surface area contributed by atoms with Crippen LogP contribution in [0.1, 0.15) is 65.2 Å². The van der Waals surface area contributed by atoms with E-state index in [2.05, 4.69) is 25.8 Å². The fourth-order valence-corrected chi connectivity index (χ4v) is 2.70. The van der Waals surface area contributed by atoms with E-state index in [-0.39, 0.29) is 5.60 Å². The molecule has 0 aliphatic carbocycles. The Labute approximate surface area is 101 Å². The van der Waals surface area contributed by atoms with Crippen molar-refractivity contribution >= 4 is 0 Å². The lowest BCUT2D eigenvalue weighted by Gasteiger charge is -2.41. The highest BCUT2D eigenvalue weighted by atomic mass is 16.3. The van der Waals surface area contributed by atoms with Crippen molar-refractivity contribution in [1.29, 1.82) is 0 Å². The molecule has 2 nitrogen and oxygen atoms in total. The molecule has 16 heavy (non-hydrogen) atoms. The zero-order chi connectivity index (χ0) is 12.0. The Bertz CT molecular complexity index is 195. The molecule has 2 heteroatoms. The summed E-state index contributed by atoms with van der Waals surface area (Å²) in [6.07, 6.45) is 9.40. The van der Waals surface area contributed by atoms with Gasteiger partial charge >= 0.3 is 0 Å². The van der Waals surface area contributed by atoms with Crippen LogP contribution >= 0.6 is 0 Å². The lowest BCUT2D eigenvalue weighted by molar-refractivity contribution is -0.0434. The molecule has 1 aliphatic heterocycles. The third-order valence-electron chi connectivity index (χ3n) is 4.10. The molecule has 1 rings (SSSR count). The standard InChI is InChI=1S/C14H29NO/c1-4-5-6-7-8-9-14(16)10-11-15(3)13(2)12-14/h13,16H,4-12H2,1-3H3. The molecular formula is C14H29NO. The number of aliphatic hydroxyl groups is 1. The Hall–Kier alpha value is -0.0800. The molecule has 1 heterocycles. The first kappa shape index (κ1) is 14.0. The molecule has 0 bridgehead atoms. The monoisotopic (exact) mass is 227 g/mol. The predicted molar refractivity (Wildman–Crippen MR) is 69.7 cm³/mol. The number of rotatable bonds is 6. The third kappa shape index (κ3) is 4.42. The molecule has 0 radical (unpaired) electrons. The fraction of sp³-hybridized carbons (Fsp3) is 1.00. The SMILES string of the molecule is CCCCCCCC1(O)CCN(C)C(C)C1. The first-order valence-electron chi connectivity index (χ1n) is 7.00. The van der Waals surface area contributed by atoms with Gasteiger partial charge in [-0.05, 0) is 33.2 Å². The van der Waals surface area contributed by atoms with E-state index in [9.17, 15) is 5.11 Å². The van der Waals surface area contributed by atoms with Crippen molar-refractivity contribution in [2.24, 2.45) is 0 Å². The summed E-state index contributed by atoms with van der Waals surface area (Å²) in [5.74, 6) is 0. The average Bonchev–Trinajstić information content (AvgIpc) is 2.24. The maximum atomic E-state index is 10.5. The van der Waals surface area contributed by atoms with Gasteiger partial charge in [0.05, 0.1) is 5.60 Å². The van der Waals surface area contributed by atoms with Gasteiger partial charge in [-0.2, -0.15) is 0 Å². The second-order valence-electron chi connectivity index (χ2n) is 5.67. The van der Waals surface area contributed by atoms with Crippen molar-refractivity contribution < 1.29 is 5.11 Å². The molecule has 0 aromatic carbocycles. The number of piperidine rings is 1. The van der Waals surface area contributed by atoms with E-state index in [1.165, 1.54) is 32.1 Å². The van der Waals surface area contributed by atoms with Gasteiger partial charge in [0.15, 0.2) is 0 Å². The van der Waals surface area contributed by atoms with Gasteiger partial charge in [-0.25, -0.2) is 0 Å². The summed E-state index contributed by atoms with van der Waals surface area (Å²) in [5.41, 5.74) is -0.363. The fourth-order valence-electron chi connectivity index (χ4n) is 2.70. The molecule has 1 saturated heterocycles. The highest BCUT2D eigenvalue weighted by Crippen LogP contribution is 2.30. The highest BCUT2D eigenvalue weighted by Gasteiger charge is 2.34. The van der Waals surface area contributed by atoms with Crippen LogP contribution in [0.15, 0.2) is 0 Å². The third-order valence-corrected chi connectivity index (χ3v) is 4.10. The number of hydrogen-bond donors (Lipinski definition) is 1. The van der Waals surface area contributed by atoms with Crippen LogP contribution in [0.4, 0.5) is 0 Å². The van der Waals surface area contributed by atoms with Gasteiger partial charge in [0.2, 0.25) is 0 Å². The molecule has 1 aliphatic rings. The maximum absolute atomic E-state index is 10.5. The summed E-state index contributed by atoms with van der Waals surface area (Å²) in [7, 11) is 2.16. The van der Waals surface area contributed by atoms with Crippen molar-refractivity contribution in [1.82, 2.24) is 4.90 Å². The second-order valence-corrected chi connectivity index (χ2v) is 5.67. The van der Waals surface area contributed by atoms with Crippen molar-refractivity contribution in [3.8, 4) is 0 Å². The number of likely N-dealkylation sites (tertiary alicyclic amines) is 1. The molecular weight excluding hydrogens is 198 g/mol. The van der Waals surface area contributed by atoms with E-state index in [1.54, 1.807) is 0 Å². The van der Waals surface area contributed by atoms with E-state index in [4.69, 9.17) is 0 Å². The van der Waals surface area contributed by atoms with Gasteiger partial charge in [-0.15, -0.1) is 0 Å². The van der Waals surface area contributed by atoms with Crippen LogP contribution in [0.2, 0.25) is 0 Å². The molecule has 2 atom stereocenters. The molecule has 0 spiro atoms. The Morgan fingerprint density at radius 2 is 1.94 bits per heavy atom. The van der Waals surface area contributed by atoms with Gasteiger partial charge in [-0.3, -0.25) is 0 Å². The largest absolute Gasteiger partial charge is 0.390 e.